The van der Waals surface area contributed by atoms with Gasteiger partial charge in [0.1, 0.15) is 5.82 Å². The van der Waals surface area contributed by atoms with E-state index in [0.29, 0.717) is 29.5 Å². The van der Waals surface area contributed by atoms with Crippen LogP contribution in [0, 0.1) is 5.82 Å². The Balaban J connectivity index is 0.00000264. The smallest absolute Gasteiger partial charge is 0.190 e. The van der Waals surface area contributed by atoms with Crippen molar-refractivity contribution in [1.29, 1.82) is 0 Å². The molecular weight excluding hydrogens is 448 g/mol. The van der Waals surface area contributed by atoms with E-state index in [1.54, 1.807) is 30.5 Å². The summed E-state index contributed by atoms with van der Waals surface area (Å²) < 4.78 is 13.7. The summed E-state index contributed by atoms with van der Waals surface area (Å²) in [5.74, 6) is 0.443. The van der Waals surface area contributed by atoms with Crippen LogP contribution in [0.3, 0.4) is 0 Å². The third-order valence-corrected chi connectivity index (χ3v) is 4.49. The van der Waals surface area contributed by atoms with Crippen LogP contribution in [-0.2, 0) is 12.8 Å². The number of hydrogen-bond acceptors (Lipinski definition) is 2. The van der Waals surface area contributed by atoms with E-state index in [4.69, 9.17) is 11.6 Å². The number of rotatable bonds is 6. The average Bonchev–Trinajstić information content (AvgIpc) is 3.01. The summed E-state index contributed by atoms with van der Waals surface area (Å²) in [7, 11) is 1.72. The lowest BCUT2D eigenvalue weighted by Gasteiger charge is -2.12. The predicted molar refractivity (Wildman–Crippen MR) is 108 cm³/mol. The molecule has 2 N–H and O–H groups in total. The first kappa shape index (κ1) is 20.2. The standard InChI is InChI=1S/C16H19ClFN3S.HI/c1-19-16(20-9-7-12-4-3-11-22-12)21-10-8-13-14(17)5-2-6-15(13)18;/h2-6,11H,7-10H2,1H3,(H2,19,20,21);1H. The van der Waals surface area contributed by atoms with Gasteiger partial charge < -0.3 is 10.6 Å². The van der Waals surface area contributed by atoms with Gasteiger partial charge in [-0.15, -0.1) is 35.3 Å². The highest BCUT2D eigenvalue weighted by Gasteiger charge is 2.06. The molecule has 0 aliphatic carbocycles. The molecule has 0 radical (unpaired) electrons. The van der Waals surface area contributed by atoms with Gasteiger partial charge in [-0.1, -0.05) is 23.7 Å². The zero-order valence-corrected chi connectivity index (χ0v) is 16.7. The summed E-state index contributed by atoms with van der Waals surface area (Å²) in [6.07, 6.45) is 1.47. The van der Waals surface area contributed by atoms with Crippen molar-refractivity contribution in [2.75, 3.05) is 20.1 Å². The molecule has 0 spiro atoms. The minimum absolute atomic E-state index is 0. The molecule has 0 unspecified atom stereocenters. The number of thiophene rings is 1. The first-order valence-corrected chi connectivity index (χ1v) is 8.36. The molecule has 0 fully saturated rings. The number of nitrogens with zero attached hydrogens (tertiary/aromatic N) is 1. The number of benzene rings is 1. The molecule has 3 nitrogen and oxygen atoms in total. The summed E-state index contributed by atoms with van der Waals surface area (Å²) in [4.78, 5) is 5.49. The van der Waals surface area contributed by atoms with E-state index in [-0.39, 0.29) is 29.8 Å². The first-order chi connectivity index (χ1) is 10.7. The minimum Gasteiger partial charge on any atom is -0.356 e. The molecule has 0 amide bonds. The third kappa shape index (κ3) is 6.64. The van der Waals surface area contributed by atoms with Crippen LogP contribution in [0.15, 0.2) is 40.7 Å². The molecule has 126 valence electrons. The van der Waals surface area contributed by atoms with E-state index in [2.05, 4.69) is 27.1 Å². The minimum atomic E-state index is -0.269. The van der Waals surface area contributed by atoms with Gasteiger partial charge in [-0.25, -0.2) is 4.39 Å². The van der Waals surface area contributed by atoms with E-state index in [9.17, 15) is 4.39 Å². The summed E-state index contributed by atoms with van der Waals surface area (Å²) in [5, 5.41) is 8.94. The number of guanidine groups is 1. The summed E-state index contributed by atoms with van der Waals surface area (Å²) in [5.41, 5.74) is 0.533. The molecule has 1 aromatic carbocycles. The largest absolute Gasteiger partial charge is 0.356 e. The van der Waals surface area contributed by atoms with Gasteiger partial charge in [0.15, 0.2) is 5.96 Å². The van der Waals surface area contributed by atoms with Gasteiger partial charge in [0.05, 0.1) is 0 Å². The summed E-state index contributed by atoms with van der Waals surface area (Å²) in [6, 6.07) is 8.90. The first-order valence-electron chi connectivity index (χ1n) is 7.10. The van der Waals surface area contributed by atoms with E-state index in [1.165, 1.54) is 10.9 Å². The van der Waals surface area contributed by atoms with Gasteiger partial charge in [0.25, 0.3) is 0 Å². The van der Waals surface area contributed by atoms with E-state index < -0.39 is 0 Å². The number of halogens is 3. The van der Waals surface area contributed by atoms with Gasteiger partial charge in [-0.05, 0) is 36.4 Å². The monoisotopic (exact) mass is 467 g/mol. The second-order valence-electron chi connectivity index (χ2n) is 4.71. The maximum Gasteiger partial charge on any atom is 0.190 e. The molecule has 1 aromatic heterocycles. The van der Waals surface area contributed by atoms with Gasteiger partial charge in [0, 0.05) is 35.6 Å². The van der Waals surface area contributed by atoms with E-state index >= 15 is 0 Å². The second-order valence-corrected chi connectivity index (χ2v) is 6.14. The summed E-state index contributed by atoms with van der Waals surface area (Å²) >= 11 is 7.75. The van der Waals surface area contributed by atoms with Crippen LogP contribution in [0.25, 0.3) is 0 Å². The van der Waals surface area contributed by atoms with Crippen LogP contribution < -0.4 is 10.6 Å². The van der Waals surface area contributed by atoms with Gasteiger partial charge >= 0.3 is 0 Å². The topological polar surface area (TPSA) is 36.4 Å². The van der Waals surface area contributed by atoms with Crippen molar-refractivity contribution in [3.05, 3.63) is 57.0 Å². The van der Waals surface area contributed by atoms with Crippen molar-refractivity contribution in [3.8, 4) is 0 Å². The Labute approximate surface area is 162 Å². The van der Waals surface area contributed by atoms with Crippen molar-refractivity contribution in [2.45, 2.75) is 12.8 Å². The zero-order chi connectivity index (χ0) is 15.8. The Morgan fingerprint density at radius 2 is 1.91 bits per heavy atom. The fourth-order valence-electron chi connectivity index (χ4n) is 2.06. The Kier molecular flexibility index (Phi) is 9.50. The molecule has 0 aliphatic heterocycles. The highest BCUT2D eigenvalue weighted by molar-refractivity contribution is 14.0. The third-order valence-electron chi connectivity index (χ3n) is 3.20. The Morgan fingerprint density at radius 3 is 2.52 bits per heavy atom. The van der Waals surface area contributed by atoms with Crippen molar-refractivity contribution in [1.82, 2.24) is 10.6 Å². The van der Waals surface area contributed by atoms with Crippen molar-refractivity contribution >= 4 is 52.9 Å². The Hall–Kier alpha value is -0.860. The molecule has 0 aliphatic rings. The molecule has 2 rings (SSSR count). The van der Waals surface area contributed by atoms with Crippen LogP contribution in [0.4, 0.5) is 4.39 Å². The highest BCUT2D eigenvalue weighted by atomic mass is 127. The van der Waals surface area contributed by atoms with Crippen LogP contribution in [0.2, 0.25) is 5.02 Å². The van der Waals surface area contributed by atoms with Crippen LogP contribution in [0.1, 0.15) is 10.4 Å². The molecule has 2 aromatic rings. The van der Waals surface area contributed by atoms with Gasteiger partial charge in [0.2, 0.25) is 0 Å². The number of hydrogen-bond donors (Lipinski definition) is 2. The molecule has 1 heterocycles. The second kappa shape index (κ2) is 10.8. The normalized spacial score (nSPS) is 11.0. The molecule has 0 atom stereocenters. The lowest BCUT2D eigenvalue weighted by Crippen LogP contribution is -2.39. The zero-order valence-electron chi connectivity index (χ0n) is 12.8. The lowest BCUT2D eigenvalue weighted by molar-refractivity contribution is 0.607. The molecule has 0 saturated carbocycles. The molecule has 0 saturated heterocycles. The Morgan fingerprint density at radius 1 is 1.17 bits per heavy atom. The maximum absolute atomic E-state index is 13.7. The summed E-state index contributed by atoms with van der Waals surface area (Å²) in [6.45, 7) is 1.37. The fourth-order valence-corrected chi connectivity index (χ4v) is 3.02. The predicted octanol–water partition coefficient (Wildman–Crippen LogP) is 4.11. The lowest BCUT2D eigenvalue weighted by atomic mass is 10.1. The molecule has 23 heavy (non-hydrogen) atoms. The number of aliphatic imine (C=N–C) groups is 1. The van der Waals surface area contributed by atoms with E-state index in [0.717, 1.165) is 13.0 Å². The maximum atomic E-state index is 13.7. The molecule has 0 bridgehead atoms. The van der Waals surface area contributed by atoms with Crippen molar-refractivity contribution < 1.29 is 4.39 Å². The average molecular weight is 468 g/mol. The van der Waals surface area contributed by atoms with Gasteiger partial charge in [-0.3, -0.25) is 4.99 Å². The molecular formula is C16H20ClFIN3S. The highest BCUT2D eigenvalue weighted by Crippen LogP contribution is 2.18. The van der Waals surface area contributed by atoms with E-state index in [1.807, 2.05) is 6.07 Å². The van der Waals surface area contributed by atoms with Crippen LogP contribution >= 0.6 is 46.9 Å². The molecule has 7 heteroatoms. The fraction of sp³-hybridized carbons (Fsp3) is 0.312. The quantitative estimate of drug-likeness (QED) is 0.381. The van der Waals surface area contributed by atoms with Crippen LogP contribution in [-0.4, -0.2) is 26.1 Å². The van der Waals surface area contributed by atoms with Crippen LogP contribution in [0.5, 0.6) is 0 Å². The van der Waals surface area contributed by atoms with Crippen molar-refractivity contribution in [2.24, 2.45) is 4.99 Å². The van der Waals surface area contributed by atoms with Gasteiger partial charge in [-0.2, -0.15) is 0 Å². The number of nitrogens with one attached hydrogen (secondary N) is 2. The van der Waals surface area contributed by atoms with Crippen molar-refractivity contribution in [3.63, 3.8) is 0 Å². The SMILES string of the molecule is CN=C(NCCc1cccs1)NCCc1c(F)cccc1Cl.I. The Bertz CT molecular complexity index is 600.